The van der Waals surface area contributed by atoms with Crippen LogP contribution in [0.2, 0.25) is 0 Å². The van der Waals surface area contributed by atoms with E-state index in [9.17, 15) is 4.79 Å². The summed E-state index contributed by atoms with van der Waals surface area (Å²) in [7, 11) is 0. The standard InChI is InChI=1S/C16H20N2O2/c17-16(20)15-7-3-9-18(12-15)11-14-6-2-1-5-13(14)8-4-10-19/h1-2,5-6,15,19H,3,7,9-12H2,(H2,17,20). The fourth-order valence-corrected chi connectivity index (χ4v) is 2.59. The molecule has 0 radical (unpaired) electrons. The van der Waals surface area contributed by atoms with E-state index < -0.39 is 0 Å². The van der Waals surface area contributed by atoms with Crippen LogP contribution in [0.15, 0.2) is 24.3 Å². The summed E-state index contributed by atoms with van der Waals surface area (Å²) in [5.74, 6) is 5.40. The molecule has 1 heterocycles. The molecule has 1 aliphatic rings. The van der Waals surface area contributed by atoms with Gasteiger partial charge >= 0.3 is 0 Å². The van der Waals surface area contributed by atoms with Crippen LogP contribution < -0.4 is 5.73 Å². The van der Waals surface area contributed by atoms with E-state index in [0.29, 0.717) is 0 Å². The van der Waals surface area contributed by atoms with Gasteiger partial charge in [0.25, 0.3) is 0 Å². The van der Waals surface area contributed by atoms with Crippen LogP contribution >= 0.6 is 0 Å². The summed E-state index contributed by atoms with van der Waals surface area (Å²) < 4.78 is 0. The van der Waals surface area contributed by atoms with Crippen molar-refractivity contribution in [2.24, 2.45) is 11.7 Å². The molecule has 4 heteroatoms. The van der Waals surface area contributed by atoms with Crippen molar-refractivity contribution >= 4 is 5.91 Å². The van der Waals surface area contributed by atoms with E-state index >= 15 is 0 Å². The van der Waals surface area contributed by atoms with Crippen LogP contribution in [0.3, 0.4) is 0 Å². The summed E-state index contributed by atoms with van der Waals surface area (Å²) in [4.78, 5) is 13.6. The van der Waals surface area contributed by atoms with Gasteiger partial charge in [0.05, 0.1) is 5.92 Å². The average molecular weight is 272 g/mol. The Bertz CT molecular complexity index is 531. The molecule has 1 aromatic carbocycles. The molecule has 1 aliphatic heterocycles. The molecule has 4 nitrogen and oxygen atoms in total. The normalized spacial score (nSPS) is 19.1. The zero-order chi connectivity index (χ0) is 14.4. The zero-order valence-electron chi connectivity index (χ0n) is 11.5. The summed E-state index contributed by atoms with van der Waals surface area (Å²) in [5, 5.41) is 8.80. The van der Waals surface area contributed by atoms with Crippen LogP contribution in [0.5, 0.6) is 0 Å². The molecular weight excluding hydrogens is 252 g/mol. The molecule has 1 atom stereocenters. The van der Waals surface area contributed by atoms with Crippen LogP contribution in [-0.4, -0.2) is 35.6 Å². The number of benzene rings is 1. The first kappa shape index (κ1) is 14.6. The lowest BCUT2D eigenvalue weighted by Crippen LogP contribution is -2.40. The Morgan fingerprint density at radius 3 is 3.00 bits per heavy atom. The second-order valence-electron chi connectivity index (χ2n) is 5.09. The maximum atomic E-state index is 11.3. The number of likely N-dealkylation sites (tertiary alicyclic amines) is 1. The minimum atomic E-state index is -0.206. The molecule has 1 fully saturated rings. The highest BCUT2D eigenvalue weighted by Gasteiger charge is 2.24. The van der Waals surface area contributed by atoms with Crippen molar-refractivity contribution in [2.75, 3.05) is 19.7 Å². The molecule has 1 amide bonds. The van der Waals surface area contributed by atoms with Gasteiger partial charge in [0.1, 0.15) is 6.61 Å². The van der Waals surface area contributed by atoms with Gasteiger partial charge in [-0.2, -0.15) is 0 Å². The predicted molar refractivity (Wildman–Crippen MR) is 77.6 cm³/mol. The van der Waals surface area contributed by atoms with Gasteiger partial charge in [0.15, 0.2) is 0 Å². The van der Waals surface area contributed by atoms with Crippen LogP contribution in [0, 0.1) is 17.8 Å². The lowest BCUT2D eigenvalue weighted by molar-refractivity contribution is -0.123. The molecule has 20 heavy (non-hydrogen) atoms. The Labute approximate surface area is 119 Å². The van der Waals surface area contributed by atoms with Crippen molar-refractivity contribution in [2.45, 2.75) is 19.4 Å². The number of amides is 1. The summed E-state index contributed by atoms with van der Waals surface area (Å²) in [6.45, 7) is 2.32. The second kappa shape index (κ2) is 7.09. The molecule has 2 rings (SSSR count). The highest BCUT2D eigenvalue weighted by molar-refractivity contribution is 5.76. The third-order valence-electron chi connectivity index (χ3n) is 3.62. The number of hydrogen-bond donors (Lipinski definition) is 2. The lowest BCUT2D eigenvalue weighted by Gasteiger charge is -2.31. The molecule has 1 aromatic rings. The number of nitrogens with zero attached hydrogens (tertiary/aromatic N) is 1. The number of nitrogens with two attached hydrogens (primary N) is 1. The van der Waals surface area contributed by atoms with E-state index in [1.54, 1.807) is 0 Å². The van der Waals surface area contributed by atoms with Gasteiger partial charge in [0.2, 0.25) is 5.91 Å². The van der Waals surface area contributed by atoms with Gasteiger partial charge < -0.3 is 10.8 Å². The summed E-state index contributed by atoms with van der Waals surface area (Å²) in [5.41, 5.74) is 7.46. The maximum absolute atomic E-state index is 11.3. The number of hydrogen-bond acceptors (Lipinski definition) is 3. The third-order valence-corrected chi connectivity index (χ3v) is 3.62. The first-order valence-electron chi connectivity index (χ1n) is 6.90. The van der Waals surface area contributed by atoms with Crippen molar-refractivity contribution in [3.63, 3.8) is 0 Å². The third kappa shape index (κ3) is 3.83. The number of piperidine rings is 1. The van der Waals surface area contributed by atoms with E-state index in [1.165, 1.54) is 0 Å². The Balaban J connectivity index is 2.08. The van der Waals surface area contributed by atoms with Crippen LogP contribution in [-0.2, 0) is 11.3 Å². The summed E-state index contributed by atoms with van der Waals surface area (Å²) in [6.07, 6.45) is 1.88. The van der Waals surface area contributed by atoms with E-state index in [2.05, 4.69) is 16.7 Å². The summed E-state index contributed by atoms with van der Waals surface area (Å²) >= 11 is 0. The van der Waals surface area contributed by atoms with Gasteiger partial charge in [-0.05, 0) is 31.0 Å². The fourth-order valence-electron chi connectivity index (χ4n) is 2.59. The quantitative estimate of drug-likeness (QED) is 0.797. The molecule has 1 saturated heterocycles. The van der Waals surface area contributed by atoms with Crippen molar-refractivity contribution in [1.29, 1.82) is 0 Å². The minimum Gasteiger partial charge on any atom is -0.384 e. The van der Waals surface area contributed by atoms with Crippen molar-refractivity contribution < 1.29 is 9.90 Å². The van der Waals surface area contributed by atoms with E-state index in [1.807, 2.05) is 24.3 Å². The first-order valence-corrected chi connectivity index (χ1v) is 6.90. The predicted octanol–water partition coefficient (Wildman–Crippen LogP) is 0.728. The van der Waals surface area contributed by atoms with Gasteiger partial charge in [-0.1, -0.05) is 30.0 Å². The van der Waals surface area contributed by atoms with E-state index in [-0.39, 0.29) is 18.4 Å². The second-order valence-corrected chi connectivity index (χ2v) is 5.09. The van der Waals surface area contributed by atoms with Crippen molar-refractivity contribution in [3.05, 3.63) is 35.4 Å². The Kier molecular flexibility index (Phi) is 5.16. The number of rotatable bonds is 3. The fraction of sp³-hybridized carbons (Fsp3) is 0.438. The van der Waals surface area contributed by atoms with E-state index in [4.69, 9.17) is 10.8 Å². The minimum absolute atomic E-state index is 0.0422. The monoisotopic (exact) mass is 272 g/mol. The Hall–Kier alpha value is -1.83. The molecule has 0 aromatic heterocycles. The van der Waals surface area contributed by atoms with Gasteiger partial charge in [0, 0.05) is 18.7 Å². The van der Waals surface area contributed by atoms with Crippen LogP contribution in [0.25, 0.3) is 0 Å². The molecule has 3 N–H and O–H groups in total. The molecular formula is C16H20N2O2. The Morgan fingerprint density at radius 2 is 2.25 bits per heavy atom. The zero-order valence-corrected chi connectivity index (χ0v) is 11.5. The van der Waals surface area contributed by atoms with Crippen molar-refractivity contribution in [1.82, 2.24) is 4.90 Å². The molecule has 0 saturated carbocycles. The molecule has 0 aliphatic carbocycles. The van der Waals surface area contributed by atoms with E-state index in [0.717, 1.165) is 43.6 Å². The number of aliphatic hydroxyl groups excluding tert-OH is 1. The molecule has 1 unspecified atom stereocenters. The SMILES string of the molecule is NC(=O)C1CCCN(Cc2ccccc2C#CCO)C1. The number of aliphatic hydroxyl groups is 1. The topological polar surface area (TPSA) is 66.6 Å². The smallest absolute Gasteiger partial charge is 0.221 e. The van der Waals surface area contributed by atoms with Gasteiger partial charge in [-0.15, -0.1) is 0 Å². The average Bonchev–Trinajstić information content (AvgIpc) is 2.46. The highest BCUT2D eigenvalue weighted by atomic mass is 16.2. The van der Waals surface area contributed by atoms with Crippen LogP contribution in [0.1, 0.15) is 24.0 Å². The molecule has 106 valence electrons. The maximum Gasteiger partial charge on any atom is 0.221 e. The highest BCUT2D eigenvalue weighted by Crippen LogP contribution is 2.19. The van der Waals surface area contributed by atoms with Crippen molar-refractivity contribution in [3.8, 4) is 11.8 Å². The molecule has 0 spiro atoms. The van der Waals surface area contributed by atoms with Gasteiger partial charge in [-0.3, -0.25) is 9.69 Å². The number of carbonyl (C=O) groups is 1. The number of carbonyl (C=O) groups excluding carboxylic acids is 1. The summed E-state index contributed by atoms with van der Waals surface area (Å²) in [6, 6.07) is 7.91. The first-order chi connectivity index (χ1) is 9.70. The molecule has 0 bridgehead atoms. The largest absolute Gasteiger partial charge is 0.384 e. The van der Waals surface area contributed by atoms with Gasteiger partial charge in [-0.25, -0.2) is 0 Å². The van der Waals surface area contributed by atoms with Crippen LogP contribution in [0.4, 0.5) is 0 Å². The lowest BCUT2D eigenvalue weighted by atomic mass is 9.96. The number of primary amides is 1. The Morgan fingerprint density at radius 1 is 1.45 bits per heavy atom.